The molecule has 1 atom stereocenters. The van der Waals surface area contributed by atoms with Crippen molar-refractivity contribution in [2.75, 3.05) is 26.6 Å². The molecule has 0 bridgehead atoms. The van der Waals surface area contributed by atoms with Gasteiger partial charge >= 0.3 is 0 Å². The second-order valence-electron chi connectivity index (χ2n) is 7.68. The number of ether oxygens (including phenoxy) is 1. The van der Waals surface area contributed by atoms with Crippen molar-refractivity contribution >= 4 is 16.8 Å². The average molecular weight is 412 g/mol. The lowest BCUT2D eigenvalue weighted by Gasteiger charge is -2.19. The van der Waals surface area contributed by atoms with E-state index in [9.17, 15) is 4.79 Å². The molecular weight excluding hydrogens is 374 g/mol. The van der Waals surface area contributed by atoms with Crippen LogP contribution in [-0.4, -0.2) is 53.4 Å². The number of nitrogens with one attached hydrogen (secondary N) is 1. The first kappa shape index (κ1) is 12.2. The van der Waals surface area contributed by atoms with Crippen molar-refractivity contribution in [3.8, 4) is 5.75 Å². The molecule has 0 saturated carbocycles. The summed E-state index contributed by atoms with van der Waals surface area (Å²) in [6, 6.07) is 10.6. The monoisotopic (exact) mass is 411 g/mol. The number of likely N-dealkylation sites (tertiary alicyclic amines) is 1. The highest BCUT2D eigenvalue weighted by atomic mass is 16.5. The zero-order valence-corrected chi connectivity index (χ0v) is 16.7. The summed E-state index contributed by atoms with van der Waals surface area (Å²) in [6.07, 6.45) is -1.82. The Balaban J connectivity index is 1.44. The van der Waals surface area contributed by atoms with Crippen LogP contribution in [0.15, 0.2) is 48.7 Å². The Labute approximate surface area is 188 Å². The van der Waals surface area contributed by atoms with Crippen LogP contribution in [0.25, 0.3) is 10.9 Å². The molecule has 1 amide bonds. The molecule has 30 heavy (non-hydrogen) atoms. The van der Waals surface area contributed by atoms with Gasteiger partial charge in [-0.2, -0.15) is 0 Å². The summed E-state index contributed by atoms with van der Waals surface area (Å²) in [6.45, 7) is -5.65. The van der Waals surface area contributed by atoms with E-state index in [-0.39, 0.29) is 23.9 Å². The van der Waals surface area contributed by atoms with Gasteiger partial charge in [0.25, 0.3) is 5.91 Å². The fraction of sp³-hybridized carbons (Fsp3) is 0.400. The van der Waals surface area contributed by atoms with Gasteiger partial charge in [0.2, 0.25) is 0 Å². The number of rotatable bonds is 7. The van der Waals surface area contributed by atoms with E-state index in [1.54, 1.807) is 30.5 Å². The number of aromatic nitrogens is 1. The van der Waals surface area contributed by atoms with E-state index in [1.165, 1.54) is 18.2 Å². The van der Waals surface area contributed by atoms with Crippen LogP contribution >= 0.6 is 0 Å². The molecule has 0 unspecified atom stereocenters. The number of benzene rings is 2. The van der Waals surface area contributed by atoms with Gasteiger partial charge in [-0.3, -0.25) is 4.79 Å². The molecule has 1 saturated heterocycles. The topological polar surface area (TPSA) is 48.6 Å². The molecule has 1 aromatic heterocycles. The number of carbonyl (C=O) groups is 1. The van der Waals surface area contributed by atoms with Gasteiger partial charge in [-0.15, -0.1) is 0 Å². The summed E-state index contributed by atoms with van der Waals surface area (Å²) in [5, 5.41) is 0.470. The van der Waals surface area contributed by atoms with Gasteiger partial charge in [0.15, 0.2) is 0 Å². The molecular formula is C25H29N3O2. The highest BCUT2D eigenvalue weighted by Gasteiger charge is 2.26. The van der Waals surface area contributed by atoms with Crippen LogP contribution in [0.4, 0.5) is 0 Å². The molecule has 5 heteroatoms. The van der Waals surface area contributed by atoms with E-state index in [0.717, 1.165) is 13.0 Å². The number of hydrogen-bond donors (Lipinski definition) is 1. The number of aromatic amines is 1. The smallest absolute Gasteiger partial charge is 0.254 e. The second-order valence-corrected chi connectivity index (χ2v) is 7.68. The standard InChI is InChI=1S/C25H29N3O2/c1-27-11-4-7-20(27)14-19-16-26-24-10-9-21(15-23(19)24)30-13-5-12-28-17-18-6-2-3-8-22(18)25(28)29/h2-3,6,8-10,15-16,20,26H,4-5,7,11-14,17H2,1H3/t20-/m1/s1/i5D2,12D2,13D2,14D2. The van der Waals surface area contributed by atoms with Crippen LogP contribution in [0.5, 0.6) is 5.75 Å². The predicted octanol–water partition coefficient (Wildman–Crippen LogP) is 4.23. The average Bonchev–Trinajstić information content (AvgIpc) is 3.56. The summed E-state index contributed by atoms with van der Waals surface area (Å²) in [4.78, 5) is 18.6. The van der Waals surface area contributed by atoms with Gasteiger partial charge in [0.05, 0.1) is 9.30 Å². The van der Waals surface area contributed by atoms with E-state index < -0.39 is 31.7 Å². The first-order valence-electron chi connectivity index (χ1n) is 14.1. The Bertz CT molecular complexity index is 1390. The first-order chi connectivity index (χ1) is 17.7. The largest absolute Gasteiger partial charge is 0.494 e. The summed E-state index contributed by atoms with van der Waals surface area (Å²) in [5.74, 6) is -0.808. The summed E-state index contributed by atoms with van der Waals surface area (Å²) in [7, 11) is 1.88. The van der Waals surface area contributed by atoms with E-state index in [0.29, 0.717) is 33.4 Å². The normalized spacial score (nSPS) is 24.9. The molecule has 0 spiro atoms. The number of nitrogens with zero attached hydrogens (tertiary/aromatic N) is 2. The molecule has 3 heterocycles. The Morgan fingerprint density at radius 1 is 1.27 bits per heavy atom. The number of amides is 1. The van der Waals surface area contributed by atoms with E-state index in [4.69, 9.17) is 15.7 Å². The highest BCUT2D eigenvalue weighted by molar-refractivity contribution is 5.98. The van der Waals surface area contributed by atoms with Crippen LogP contribution in [0.2, 0.25) is 0 Å². The number of H-pyrrole nitrogens is 1. The number of hydrogen-bond acceptors (Lipinski definition) is 3. The van der Waals surface area contributed by atoms with Crippen LogP contribution < -0.4 is 4.74 Å². The lowest BCUT2D eigenvalue weighted by Crippen LogP contribution is -2.26. The summed E-state index contributed by atoms with van der Waals surface area (Å²) in [5.41, 5.74) is 1.78. The maximum absolute atomic E-state index is 12.9. The fourth-order valence-corrected chi connectivity index (χ4v) is 4.07. The molecule has 0 aliphatic carbocycles. The molecule has 0 radical (unpaired) electrons. The van der Waals surface area contributed by atoms with E-state index >= 15 is 0 Å². The lowest BCUT2D eigenvalue weighted by molar-refractivity contribution is 0.0770. The van der Waals surface area contributed by atoms with Crippen molar-refractivity contribution in [2.24, 2.45) is 0 Å². The van der Waals surface area contributed by atoms with Crippen molar-refractivity contribution in [1.29, 1.82) is 0 Å². The Hall–Kier alpha value is -2.79. The van der Waals surface area contributed by atoms with E-state index in [1.807, 2.05) is 11.9 Å². The van der Waals surface area contributed by atoms with Crippen LogP contribution in [0.1, 0.15) is 51.7 Å². The van der Waals surface area contributed by atoms with Gasteiger partial charge in [-0.25, -0.2) is 0 Å². The molecule has 2 aromatic carbocycles. The molecule has 5 rings (SSSR count). The summed E-state index contributed by atoms with van der Waals surface area (Å²) >= 11 is 0. The number of carbonyl (C=O) groups excluding carboxylic acids is 1. The molecule has 156 valence electrons. The summed E-state index contributed by atoms with van der Waals surface area (Å²) < 4.78 is 74.0. The van der Waals surface area contributed by atoms with Crippen molar-refractivity contribution in [2.45, 2.75) is 38.2 Å². The minimum absolute atomic E-state index is 0.0883. The van der Waals surface area contributed by atoms with Gasteiger partial charge < -0.3 is 19.5 Å². The van der Waals surface area contributed by atoms with Gasteiger partial charge in [-0.05, 0) is 74.6 Å². The number of likely N-dealkylation sites (N-methyl/N-ethyl adjacent to an activating group) is 1. The van der Waals surface area contributed by atoms with Crippen molar-refractivity contribution in [3.63, 3.8) is 0 Å². The maximum atomic E-state index is 12.9. The molecule has 2 aliphatic heterocycles. The van der Waals surface area contributed by atoms with Crippen LogP contribution in [0.3, 0.4) is 0 Å². The molecule has 2 aliphatic rings. The second kappa shape index (κ2) is 8.15. The molecule has 5 nitrogen and oxygen atoms in total. The molecule has 3 aromatic rings. The van der Waals surface area contributed by atoms with Gasteiger partial charge in [0.1, 0.15) is 5.75 Å². The minimum Gasteiger partial charge on any atom is -0.494 e. The minimum atomic E-state index is -3.28. The van der Waals surface area contributed by atoms with E-state index in [2.05, 4.69) is 4.98 Å². The Kier molecular flexibility index (Phi) is 3.30. The Morgan fingerprint density at radius 2 is 2.17 bits per heavy atom. The molecule has 1 fully saturated rings. The lowest BCUT2D eigenvalue weighted by atomic mass is 10.0. The third-order valence-corrected chi connectivity index (χ3v) is 5.73. The maximum Gasteiger partial charge on any atom is 0.254 e. The third-order valence-electron chi connectivity index (χ3n) is 5.73. The van der Waals surface area contributed by atoms with Crippen LogP contribution in [0, 0.1) is 0 Å². The van der Waals surface area contributed by atoms with Gasteiger partial charge in [0, 0.05) is 50.0 Å². The first-order valence-corrected chi connectivity index (χ1v) is 10.1. The third kappa shape index (κ3) is 3.70. The Morgan fingerprint density at radius 3 is 3.00 bits per heavy atom. The SMILES string of the molecule is [2H]C([2H])(c1c[nH]c2ccc(OC([2H])([2H])C([2H])([2H])C([2H])([2H])N3Cc4ccccc4C3=O)cc12)[C@H]1CCCN1C. The fourth-order valence-electron chi connectivity index (χ4n) is 4.07. The zero-order valence-electron chi connectivity index (χ0n) is 24.7. The van der Waals surface area contributed by atoms with Gasteiger partial charge in [-0.1, -0.05) is 18.2 Å². The zero-order chi connectivity index (χ0) is 27.7. The van der Waals surface area contributed by atoms with Crippen molar-refractivity contribution in [1.82, 2.24) is 14.8 Å². The number of fused-ring (bicyclic) bond motifs is 2. The van der Waals surface area contributed by atoms with Crippen LogP contribution in [-0.2, 0) is 12.9 Å². The van der Waals surface area contributed by atoms with Crippen molar-refractivity contribution < 1.29 is 20.5 Å². The van der Waals surface area contributed by atoms with Crippen molar-refractivity contribution in [3.05, 3.63) is 65.4 Å². The highest BCUT2D eigenvalue weighted by Crippen LogP contribution is 2.28. The molecule has 1 N–H and O–H groups in total. The quantitative estimate of drug-likeness (QED) is 0.633. The predicted molar refractivity (Wildman–Crippen MR) is 119 cm³/mol.